The monoisotopic (exact) mass is 549 g/mol. The topological polar surface area (TPSA) is 73.7 Å². The van der Waals surface area contributed by atoms with E-state index in [-0.39, 0.29) is 27.2 Å². The van der Waals surface area contributed by atoms with Gasteiger partial charge >= 0.3 is 0 Å². The van der Waals surface area contributed by atoms with Crippen LogP contribution in [0, 0.1) is 5.82 Å². The van der Waals surface area contributed by atoms with Gasteiger partial charge in [-0.3, -0.25) is 14.0 Å². The van der Waals surface area contributed by atoms with Gasteiger partial charge in [-0.1, -0.05) is 47.5 Å². The van der Waals surface area contributed by atoms with Gasteiger partial charge in [-0.05, 0) is 42.0 Å². The molecule has 7 nitrogen and oxygen atoms in total. The summed E-state index contributed by atoms with van der Waals surface area (Å²) in [7, 11) is 0. The largest absolute Gasteiger partial charge is 0.353 e. The maximum Gasteiger partial charge on any atom is 0.272 e. The average Bonchev–Trinajstić information content (AvgIpc) is 3.25. The van der Waals surface area contributed by atoms with Gasteiger partial charge in [-0.15, -0.1) is 0 Å². The standard InChI is InChI=1S/C28H22Cl2FN5O2/c29-21-15-24-27(37)32-16-19(36(24)26(21)30)13-17-5-7-22(31)20(14-17)28(38)35-11-9-34(10-12-35)25-8-6-18-3-1-2-4-23(18)33-25/h1-8,14-16H,9-13H2,(H,32,37). The molecule has 1 aliphatic rings. The lowest BCUT2D eigenvalue weighted by Gasteiger charge is -2.35. The van der Waals surface area contributed by atoms with Crippen molar-refractivity contribution in [3.05, 3.63) is 110 Å². The van der Waals surface area contributed by atoms with Crippen LogP contribution in [0.25, 0.3) is 16.4 Å². The number of carbonyl (C=O) groups excluding carboxylic acids is 1. The molecule has 10 heteroatoms. The lowest BCUT2D eigenvalue weighted by molar-refractivity contribution is 0.0741. The van der Waals surface area contributed by atoms with E-state index in [1.807, 2.05) is 36.4 Å². The van der Waals surface area contributed by atoms with Crippen LogP contribution < -0.4 is 10.5 Å². The first-order valence-corrected chi connectivity index (χ1v) is 12.9. The minimum Gasteiger partial charge on any atom is -0.353 e. The number of amides is 1. The molecule has 38 heavy (non-hydrogen) atoms. The van der Waals surface area contributed by atoms with Crippen molar-refractivity contribution in [1.29, 1.82) is 0 Å². The number of para-hydroxylation sites is 1. The molecule has 0 spiro atoms. The molecule has 4 heterocycles. The number of aromatic amines is 1. The van der Waals surface area contributed by atoms with Crippen molar-refractivity contribution in [2.24, 2.45) is 0 Å². The van der Waals surface area contributed by atoms with E-state index in [9.17, 15) is 14.0 Å². The number of hydrogen-bond donors (Lipinski definition) is 1. The highest BCUT2D eigenvalue weighted by molar-refractivity contribution is 6.42. The first-order chi connectivity index (χ1) is 18.4. The summed E-state index contributed by atoms with van der Waals surface area (Å²) in [6, 6.07) is 17.9. The maximum absolute atomic E-state index is 14.8. The molecule has 2 aromatic carbocycles. The van der Waals surface area contributed by atoms with Gasteiger partial charge < -0.3 is 14.8 Å². The first kappa shape index (κ1) is 24.5. The number of benzene rings is 2. The molecule has 0 bridgehead atoms. The Bertz CT molecular complexity index is 1760. The number of nitrogens with one attached hydrogen (secondary N) is 1. The van der Waals surface area contributed by atoms with Crippen LogP contribution in [0.3, 0.4) is 0 Å². The third kappa shape index (κ3) is 4.40. The fourth-order valence-electron chi connectivity index (χ4n) is 4.92. The summed E-state index contributed by atoms with van der Waals surface area (Å²) < 4.78 is 16.4. The number of carbonyl (C=O) groups is 1. The van der Waals surface area contributed by atoms with Gasteiger partial charge in [0.2, 0.25) is 0 Å². The van der Waals surface area contributed by atoms with Crippen LogP contribution in [0.2, 0.25) is 10.2 Å². The molecular weight excluding hydrogens is 528 g/mol. The molecule has 0 atom stereocenters. The van der Waals surface area contributed by atoms with Crippen LogP contribution in [0.5, 0.6) is 0 Å². The predicted molar refractivity (Wildman–Crippen MR) is 147 cm³/mol. The Morgan fingerprint density at radius 3 is 2.61 bits per heavy atom. The number of nitrogens with zero attached hydrogens (tertiary/aromatic N) is 4. The summed E-state index contributed by atoms with van der Waals surface area (Å²) >= 11 is 12.5. The van der Waals surface area contributed by atoms with Crippen molar-refractivity contribution < 1.29 is 9.18 Å². The van der Waals surface area contributed by atoms with Gasteiger partial charge in [0, 0.05) is 49.9 Å². The maximum atomic E-state index is 14.8. The third-order valence-electron chi connectivity index (χ3n) is 6.91. The minimum atomic E-state index is -0.578. The zero-order valence-corrected chi connectivity index (χ0v) is 21.6. The van der Waals surface area contributed by atoms with E-state index >= 15 is 0 Å². The van der Waals surface area contributed by atoms with Gasteiger partial charge in [-0.25, -0.2) is 9.37 Å². The van der Waals surface area contributed by atoms with Crippen molar-refractivity contribution in [1.82, 2.24) is 19.3 Å². The molecule has 0 saturated carbocycles. The molecule has 0 radical (unpaired) electrons. The highest BCUT2D eigenvalue weighted by Gasteiger charge is 2.25. The number of piperazine rings is 1. The lowest BCUT2D eigenvalue weighted by atomic mass is 10.0. The first-order valence-electron chi connectivity index (χ1n) is 12.1. The molecule has 1 saturated heterocycles. The molecule has 0 unspecified atom stereocenters. The molecule has 3 aromatic heterocycles. The van der Waals surface area contributed by atoms with Crippen molar-refractivity contribution in [3.8, 4) is 0 Å². The van der Waals surface area contributed by atoms with Crippen molar-refractivity contribution in [2.75, 3.05) is 31.1 Å². The van der Waals surface area contributed by atoms with Crippen molar-refractivity contribution >= 4 is 51.3 Å². The second-order valence-corrected chi connectivity index (χ2v) is 10.0. The van der Waals surface area contributed by atoms with Crippen molar-refractivity contribution in [3.63, 3.8) is 0 Å². The Morgan fingerprint density at radius 1 is 1.00 bits per heavy atom. The Kier molecular flexibility index (Phi) is 6.29. The third-order valence-corrected chi connectivity index (χ3v) is 7.67. The highest BCUT2D eigenvalue weighted by atomic mass is 35.5. The molecule has 1 aliphatic heterocycles. The van der Waals surface area contributed by atoms with E-state index in [1.54, 1.807) is 27.6 Å². The van der Waals surface area contributed by atoms with Crippen LogP contribution in [-0.2, 0) is 6.42 Å². The number of pyridine rings is 1. The molecule has 5 aromatic rings. The zero-order chi connectivity index (χ0) is 26.4. The van der Waals surface area contributed by atoms with Gasteiger partial charge in [0.05, 0.1) is 16.1 Å². The fraction of sp³-hybridized carbons (Fsp3) is 0.179. The molecule has 1 amide bonds. The predicted octanol–water partition coefficient (Wildman–Crippen LogP) is 5.17. The molecule has 192 valence electrons. The Hall–Kier alpha value is -3.88. The van der Waals surface area contributed by atoms with Gasteiger partial charge in [0.1, 0.15) is 22.3 Å². The summed E-state index contributed by atoms with van der Waals surface area (Å²) in [4.78, 5) is 36.7. The second kappa shape index (κ2) is 9.78. The number of rotatable bonds is 4. The fourth-order valence-corrected chi connectivity index (χ4v) is 5.36. The SMILES string of the molecule is O=C(c1cc(Cc2c[nH]c(=O)c3cc(Cl)c(Cl)n23)ccc1F)N1CCN(c2ccc3ccccc3n2)CC1. The Morgan fingerprint density at radius 2 is 1.79 bits per heavy atom. The smallest absolute Gasteiger partial charge is 0.272 e. The van der Waals surface area contributed by atoms with E-state index in [4.69, 9.17) is 28.2 Å². The summed E-state index contributed by atoms with van der Waals surface area (Å²) in [5, 5.41) is 1.56. The summed E-state index contributed by atoms with van der Waals surface area (Å²) in [6.07, 6.45) is 1.85. The zero-order valence-electron chi connectivity index (χ0n) is 20.1. The average molecular weight is 550 g/mol. The number of aromatic nitrogens is 3. The summed E-state index contributed by atoms with van der Waals surface area (Å²) in [5.41, 5.74) is 2.27. The van der Waals surface area contributed by atoms with Crippen LogP contribution in [0.4, 0.5) is 10.2 Å². The minimum absolute atomic E-state index is 0.0112. The van der Waals surface area contributed by atoms with Gasteiger partial charge in [0.25, 0.3) is 11.5 Å². The second-order valence-electron chi connectivity index (χ2n) is 9.25. The number of hydrogen-bond acceptors (Lipinski definition) is 4. The molecule has 6 rings (SSSR count). The molecule has 1 fully saturated rings. The number of halogens is 3. The summed E-state index contributed by atoms with van der Waals surface area (Å²) in [5.74, 6) is -0.0740. The van der Waals surface area contributed by atoms with E-state index in [2.05, 4.69) is 9.88 Å². The van der Waals surface area contributed by atoms with Crippen LogP contribution in [0.1, 0.15) is 21.6 Å². The van der Waals surface area contributed by atoms with E-state index < -0.39 is 5.82 Å². The number of anilines is 1. The quantitative estimate of drug-likeness (QED) is 0.335. The lowest BCUT2D eigenvalue weighted by Crippen LogP contribution is -2.49. The molecule has 0 aliphatic carbocycles. The van der Waals surface area contributed by atoms with Crippen LogP contribution in [0.15, 0.2) is 71.7 Å². The number of H-pyrrole nitrogens is 1. The van der Waals surface area contributed by atoms with Gasteiger partial charge in [-0.2, -0.15) is 0 Å². The molecular formula is C28H22Cl2FN5O2. The number of fused-ring (bicyclic) bond motifs is 2. The van der Waals surface area contributed by atoms with Crippen molar-refractivity contribution in [2.45, 2.75) is 6.42 Å². The summed E-state index contributed by atoms with van der Waals surface area (Å²) in [6.45, 7) is 2.10. The molecule has 1 N–H and O–H groups in total. The van der Waals surface area contributed by atoms with Gasteiger partial charge in [0.15, 0.2) is 0 Å². The highest BCUT2D eigenvalue weighted by Crippen LogP contribution is 2.27. The Labute approximate surface area is 227 Å². The van der Waals surface area contributed by atoms with Crippen LogP contribution >= 0.6 is 23.2 Å². The van der Waals surface area contributed by atoms with E-state index in [0.717, 1.165) is 16.7 Å². The van der Waals surface area contributed by atoms with Crippen LogP contribution in [-0.4, -0.2) is 51.4 Å². The van der Waals surface area contributed by atoms with E-state index in [1.165, 1.54) is 12.1 Å². The van der Waals surface area contributed by atoms with E-state index in [0.29, 0.717) is 49.4 Å². The normalized spacial score (nSPS) is 14.0. The Balaban J connectivity index is 1.20.